The van der Waals surface area contributed by atoms with Crippen LogP contribution in [0.5, 0.6) is 0 Å². The molecule has 0 radical (unpaired) electrons. The zero-order valence-corrected chi connectivity index (χ0v) is 19.5. The molecule has 0 N–H and O–H groups in total. The number of rotatable bonds is 10. The number of allylic oxidation sites excluding steroid dienone is 1. The average Bonchev–Trinajstić information content (AvgIpc) is 2.95. The molecule has 0 aliphatic rings. The molecule has 1 unspecified atom stereocenters. The predicted molar refractivity (Wildman–Crippen MR) is 141 cm³/mol. The number of carbonyl (C=O) groups excluding carboxylic acids is 4. The van der Waals surface area contributed by atoms with Gasteiger partial charge in [-0.25, -0.2) is 0 Å². The van der Waals surface area contributed by atoms with Crippen molar-refractivity contribution in [1.29, 1.82) is 0 Å². The van der Waals surface area contributed by atoms with E-state index in [-0.39, 0.29) is 23.8 Å². The van der Waals surface area contributed by atoms with Gasteiger partial charge in [-0.1, -0.05) is 115 Å². The van der Waals surface area contributed by atoms with Crippen LogP contribution in [-0.4, -0.2) is 23.6 Å². The van der Waals surface area contributed by atoms with Crippen molar-refractivity contribution in [2.45, 2.75) is 12.3 Å². The van der Waals surface area contributed by atoms with Crippen molar-refractivity contribution in [3.05, 3.63) is 149 Å². The quantitative estimate of drug-likeness (QED) is 0.147. The summed E-state index contributed by atoms with van der Waals surface area (Å²) >= 11 is 0. The SMILES string of the molecule is O=Cc1ccccc1C(CC(=O)c1ccccc1)C(=O)c1ccccc1/C=C/C(=O)c1ccccc1. The van der Waals surface area contributed by atoms with Gasteiger partial charge in [-0.05, 0) is 17.2 Å². The lowest BCUT2D eigenvalue weighted by atomic mass is 9.82. The maximum absolute atomic E-state index is 13.9. The molecular formula is C32H24O4. The Morgan fingerprint density at radius 1 is 0.639 bits per heavy atom. The molecule has 0 saturated heterocycles. The van der Waals surface area contributed by atoms with E-state index in [1.54, 1.807) is 103 Å². The second-order valence-electron chi connectivity index (χ2n) is 8.31. The van der Waals surface area contributed by atoms with Crippen molar-refractivity contribution in [2.75, 3.05) is 0 Å². The highest BCUT2D eigenvalue weighted by Crippen LogP contribution is 2.30. The number of benzene rings is 4. The zero-order valence-electron chi connectivity index (χ0n) is 19.5. The van der Waals surface area contributed by atoms with Gasteiger partial charge in [-0.3, -0.25) is 19.2 Å². The minimum Gasteiger partial charge on any atom is -0.298 e. The van der Waals surface area contributed by atoms with Gasteiger partial charge in [0.1, 0.15) is 6.29 Å². The molecule has 36 heavy (non-hydrogen) atoms. The highest BCUT2D eigenvalue weighted by Gasteiger charge is 2.28. The first-order chi connectivity index (χ1) is 17.6. The van der Waals surface area contributed by atoms with Crippen LogP contribution in [0.3, 0.4) is 0 Å². The van der Waals surface area contributed by atoms with Crippen LogP contribution in [0.15, 0.2) is 115 Å². The molecule has 0 spiro atoms. The number of carbonyl (C=O) groups is 4. The molecule has 176 valence electrons. The van der Waals surface area contributed by atoms with E-state index >= 15 is 0 Å². The van der Waals surface area contributed by atoms with Gasteiger partial charge in [0.15, 0.2) is 17.3 Å². The summed E-state index contributed by atoms with van der Waals surface area (Å²) in [6.07, 6.45) is 3.66. The lowest BCUT2D eigenvalue weighted by molar-refractivity contribution is 0.0892. The number of ketones is 3. The first kappa shape index (κ1) is 24.4. The summed E-state index contributed by atoms with van der Waals surface area (Å²) in [5, 5.41) is 0. The Bertz CT molecular complexity index is 1420. The molecule has 0 saturated carbocycles. The van der Waals surface area contributed by atoms with E-state index in [0.717, 1.165) is 0 Å². The van der Waals surface area contributed by atoms with E-state index in [2.05, 4.69) is 0 Å². The van der Waals surface area contributed by atoms with Crippen LogP contribution in [0.25, 0.3) is 6.08 Å². The minimum atomic E-state index is -0.863. The highest BCUT2D eigenvalue weighted by atomic mass is 16.1. The van der Waals surface area contributed by atoms with Gasteiger partial charge in [0.05, 0.1) is 5.92 Å². The Morgan fingerprint density at radius 2 is 1.19 bits per heavy atom. The summed E-state index contributed by atoms with van der Waals surface area (Å²) in [7, 11) is 0. The second kappa shape index (κ2) is 11.6. The Kier molecular flexibility index (Phi) is 7.89. The molecule has 4 aromatic carbocycles. The molecule has 4 rings (SSSR count). The summed E-state index contributed by atoms with van der Waals surface area (Å²) in [5.41, 5.74) is 2.85. The Balaban J connectivity index is 1.71. The predicted octanol–water partition coefficient (Wildman–Crippen LogP) is 6.63. The summed E-state index contributed by atoms with van der Waals surface area (Å²) < 4.78 is 0. The van der Waals surface area contributed by atoms with Gasteiger partial charge in [-0.15, -0.1) is 0 Å². The van der Waals surface area contributed by atoms with E-state index in [1.807, 2.05) is 12.1 Å². The van der Waals surface area contributed by atoms with Gasteiger partial charge in [0, 0.05) is 28.7 Å². The van der Waals surface area contributed by atoms with Crippen LogP contribution in [-0.2, 0) is 0 Å². The standard InChI is InChI=1S/C32H24O4/c33-22-26-16-8-9-17-27(26)29(21-31(35)25-14-5-2-6-15-25)32(36)28-18-10-7-11-23(28)19-20-30(34)24-12-3-1-4-13-24/h1-20,22,29H,21H2/b20-19+. The van der Waals surface area contributed by atoms with Crippen LogP contribution in [0.2, 0.25) is 0 Å². The molecule has 0 aliphatic heterocycles. The third-order valence-electron chi connectivity index (χ3n) is 6.00. The van der Waals surface area contributed by atoms with E-state index in [0.29, 0.717) is 39.7 Å². The molecule has 0 fully saturated rings. The molecule has 4 nitrogen and oxygen atoms in total. The van der Waals surface area contributed by atoms with Gasteiger partial charge in [-0.2, -0.15) is 0 Å². The molecule has 0 bridgehead atoms. The van der Waals surface area contributed by atoms with E-state index < -0.39 is 5.92 Å². The van der Waals surface area contributed by atoms with Crippen LogP contribution in [0, 0.1) is 0 Å². The second-order valence-corrected chi connectivity index (χ2v) is 8.31. The topological polar surface area (TPSA) is 68.3 Å². The van der Waals surface area contributed by atoms with Gasteiger partial charge in [0.2, 0.25) is 0 Å². The van der Waals surface area contributed by atoms with Crippen molar-refractivity contribution >= 4 is 29.7 Å². The first-order valence-corrected chi connectivity index (χ1v) is 11.6. The van der Waals surface area contributed by atoms with Crippen LogP contribution in [0.4, 0.5) is 0 Å². The maximum atomic E-state index is 13.9. The first-order valence-electron chi connectivity index (χ1n) is 11.6. The molecule has 1 atom stereocenters. The van der Waals surface area contributed by atoms with Gasteiger partial charge >= 0.3 is 0 Å². The fourth-order valence-corrected chi connectivity index (χ4v) is 4.13. The summed E-state index contributed by atoms with van der Waals surface area (Å²) in [5.74, 6) is -1.53. The van der Waals surface area contributed by atoms with Gasteiger partial charge < -0.3 is 0 Å². The van der Waals surface area contributed by atoms with Crippen molar-refractivity contribution in [2.24, 2.45) is 0 Å². The highest BCUT2D eigenvalue weighted by molar-refractivity contribution is 6.10. The number of hydrogen-bond acceptors (Lipinski definition) is 4. The smallest absolute Gasteiger partial charge is 0.185 e. The van der Waals surface area contributed by atoms with Gasteiger partial charge in [0.25, 0.3) is 0 Å². The molecule has 4 aromatic rings. The Morgan fingerprint density at radius 3 is 1.86 bits per heavy atom. The lowest BCUT2D eigenvalue weighted by Crippen LogP contribution is -2.19. The van der Waals surface area contributed by atoms with E-state index in [1.165, 1.54) is 6.08 Å². The molecular weight excluding hydrogens is 448 g/mol. The fraction of sp³-hybridized carbons (Fsp3) is 0.0625. The Hall–Kier alpha value is -4.70. The van der Waals surface area contributed by atoms with E-state index in [4.69, 9.17) is 0 Å². The third kappa shape index (κ3) is 5.68. The zero-order chi connectivity index (χ0) is 25.3. The normalized spacial score (nSPS) is 11.7. The fourth-order valence-electron chi connectivity index (χ4n) is 4.13. The van der Waals surface area contributed by atoms with Crippen molar-refractivity contribution < 1.29 is 19.2 Å². The van der Waals surface area contributed by atoms with Crippen LogP contribution in [0.1, 0.15) is 64.9 Å². The van der Waals surface area contributed by atoms with Crippen LogP contribution >= 0.6 is 0 Å². The molecule has 0 heterocycles. The number of Topliss-reactive ketones (excluding diaryl/α,β-unsaturated/α-hetero) is 2. The molecule has 4 heteroatoms. The molecule has 0 aliphatic carbocycles. The number of aldehydes is 1. The van der Waals surface area contributed by atoms with Crippen molar-refractivity contribution in [3.63, 3.8) is 0 Å². The van der Waals surface area contributed by atoms with E-state index in [9.17, 15) is 19.2 Å². The van der Waals surface area contributed by atoms with Crippen molar-refractivity contribution in [3.8, 4) is 0 Å². The largest absolute Gasteiger partial charge is 0.298 e. The molecule has 0 amide bonds. The average molecular weight is 473 g/mol. The lowest BCUT2D eigenvalue weighted by Gasteiger charge is -2.19. The number of hydrogen-bond donors (Lipinski definition) is 0. The summed E-state index contributed by atoms with van der Waals surface area (Å²) in [6.45, 7) is 0. The summed E-state index contributed by atoms with van der Waals surface area (Å²) in [4.78, 5) is 51.4. The monoisotopic (exact) mass is 472 g/mol. The summed E-state index contributed by atoms with van der Waals surface area (Å²) in [6, 6.07) is 31.4. The Labute approximate surface area is 209 Å². The molecule has 0 aromatic heterocycles. The maximum Gasteiger partial charge on any atom is 0.185 e. The third-order valence-corrected chi connectivity index (χ3v) is 6.00. The minimum absolute atomic E-state index is 0.0886. The van der Waals surface area contributed by atoms with Crippen molar-refractivity contribution in [1.82, 2.24) is 0 Å². The van der Waals surface area contributed by atoms with Crippen LogP contribution < -0.4 is 0 Å².